The van der Waals surface area contributed by atoms with Crippen molar-refractivity contribution in [2.45, 2.75) is 33.2 Å². The molecule has 0 bridgehead atoms. The van der Waals surface area contributed by atoms with Gasteiger partial charge in [0.05, 0.1) is 23.4 Å². The third kappa shape index (κ3) is 6.87. The lowest BCUT2D eigenvalue weighted by atomic mass is 10.0. The van der Waals surface area contributed by atoms with Crippen LogP contribution in [0.1, 0.15) is 26.7 Å². The average Bonchev–Trinajstić information content (AvgIpc) is 3.07. The molecular weight excluding hydrogens is 466 g/mol. The maximum atomic E-state index is 12.6. The van der Waals surface area contributed by atoms with E-state index in [1.807, 2.05) is 36.6 Å². The second kappa shape index (κ2) is 11.3. The van der Waals surface area contributed by atoms with Crippen LogP contribution in [0, 0.1) is 5.92 Å². The molecule has 1 aromatic carbocycles. The van der Waals surface area contributed by atoms with Gasteiger partial charge in [0, 0.05) is 26.7 Å². The molecule has 1 saturated heterocycles. The van der Waals surface area contributed by atoms with E-state index in [2.05, 4.69) is 4.99 Å². The number of ether oxygens (including phenoxy) is 2. The number of carbonyl (C=O) groups excluding carboxylic acids is 2. The standard InChI is InChI=1S/C22H31N3O6S2/c1-4-31-17-7-8-18-19(12-17)32-22(25(18)10-11-30-3)23-20(26)14-33(28,29)15-21(27)24-9-5-6-16(2)13-24/h7-8,12,16H,4-6,9-11,13-15H2,1-3H3. The topological polar surface area (TPSA) is 107 Å². The summed E-state index contributed by atoms with van der Waals surface area (Å²) in [5.41, 5.74) is 0.851. The van der Waals surface area contributed by atoms with Gasteiger partial charge in [0.1, 0.15) is 17.3 Å². The minimum absolute atomic E-state index is 0.348. The molecule has 1 fully saturated rings. The van der Waals surface area contributed by atoms with Gasteiger partial charge in [-0.3, -0.25) is 9.59 Å². The zero-order valence-electron chi connectivity index (χ0n) is 19.3. The molecule has 0 aliphatic carbocycles. The molecule has 1 aliphatic rings. The van der Waals surface area contributed by atoms with Crippen molar-refractivity contribution in [3.63, 3.8) is 0 Å². The maximum Gasteiger partial charge on any atom is 0.263 e. The fourth-order valence-corrected chi connectivity index (χ4v) is 6.07. The summed E-state index contributed by atoms with van der Waals surface area (Å²) in [4.78, 5) is 31.1. The van der Waals surface area contributed by atoms with E-state index in [0.29, 0.717) is 49.3 Å². The number of hydrogen-bond acceptors (Lipinski definition) is 7. The molecule has 33 heavy (non-hydrogen) atoms. The van der Waals surface area contributed by atoms with Crippen LogP contribution in [0.5, 0.6) is 5.75 Å². The van der Waals surface area contributed by atoms with E-state index in [1.54, 1.807) is 12.0 Å². The summed E-state index contributed by atoms with van der Waals surface area (Å²) in [7, 11) is -2.34. The summed E-state index contributed by atoms with van der Waals surface area (Å²) in [5, 5.41) is 0. The second-order valence-corrected chi connectivity index (χ2v) is 11.3. The highest BCUT2D eigenvalue weighted by molar-refractivity contribution is 7.92. The highest BCUT2D eigenvalue weighted by atomic mass is 32.2. The Morgan fingerprint density at radius 1 is 1.27 bits per heavy atom. The van der Waals surface area contributed by atoms with Crippen LogP contribution < -0.4 is 9.54 Å². The number of rotatable bonds is 9. The van der Waals surface area contributed by atoms with E-state index in [9.17, 15) is 18.0 Å². The van der Waals surface area contributed by atoms with Crippen molar-refractivity contribution >= 4 is 43.2 Å². The van der Waals surface area contributed by atoms with Crippen LogP contribution in [0.25, 0.3) is 10.2 Å². The Bertz CT molecular complexity index is 1170. The predicted molar refractivity (Wildman–Crippen MR) is 127 cm³/mol. The molecule has 0 N–H and O–H groups in total. The first-order chi connectivity index (χ1) is 15.7. The number of fused-ring (bicyclic) bond motifs is 1. The van der Waals surface area contributed by atoms with E-state index in [0.717, 1.165) is 23.1 Å². The molecule has 0 spiro atoms. The lowest BCUT2D eigenvalue weighted by Crippen LogP contribution is -2.42. The molecular formula is C22H31N3O6S2. The number of nitrogens with zero attached hydrogens (tertiary/aromatic N) is 3. The molecule has 182 valence electrons. The normalized spacial score (nSPS) is 17.5. The van der Waals surface area contributed by atoms with Crippen LogP contribution in [0.3, 0.4) is 0 Å². The zero-order chi connectivity index (χ0) is 24.0. The predicted octanol–water partition coefficient (Wildman–Crippen LogP) is 1.85. The summed E-state index contributed by atoms with van der Waals surface area (Å²) < 4.78 is 38.5. The minimum Gasteiger partial charge on any atom is -0.494 e. The molecule has 11 heteroatoms. The lowest BCUT2D eigenvalue weighted by Gasteiger charge is -2.30. The number of methoxy groups -OCH3 is 1. The minimum atomic E-state index is -3.92. The Hall–Kier alpha value is -2.24. The van der Waals surface area contributed by atoms with Crippen LogP contribution >= 0.6 is 11.3 Å². The molecule has 2 amide bonds. The Morgan fingerprint density at radius 3 is 2.76 bits per heavy atom. The van der Waals surface area contributed by atoms with Crippen LogP contribution in [0.2, 0.25) is 0 Å². The molecule has 1 aliphatic heterocycles. The number of piperidine rings is 1. The van der Waals surface area contributed by atoms with Gasteiger partial charge in [-0.2, -0.15) is 4.99 Å². The van der Waals surface area contributed by atoms with E-state index in [1.165, 1.54) is 11.3 Å². The molecule has 2 heterocycles. The van der Waals surface area contributed by atoms with Crippen molar-refractivity contribution in [2.24, 2.45) is 10.9 Å². The van der Waals surface area contributed by atoms with E-state index in [-0.39, 0.29) is 0 Å². The molecule has 0 saturated carbocycles. The van der Waals surface area contributed by atoms with Crippen LogP contribution in [0.4, 0.5) is 0 Å². The zero-order valence-corrected chi connectivity index (χ0v) is 20.9. The van der Waals surface area contributed by atoms with Gasteiger partial charge in [0.2, 0.25) is 5.91 Å². The number of amides is 2. The van der Waals surface area contributed by atoms with Crippen molar-refractivity contribution in [2.75, 3.05) is 44.9 Å². The average molecular weight is 498 g/mol. The van der Waals surface area contributed by atoms with Gasteiger partial charge in [0.15, 0.2) is 14.6 Å². The highest BCUT2D eigenvalue weighted by Gasteiger charge is 2.27. The number of carbonyl (C=O) groups is 2. The fraction of sp³-hybridized carbons (Fsp3) is 0.591. The van der Waals surface area contributed by atoms with Gasteiger partial charge in [-0.1, -0.05) is 18.3 Å². The van der Waals surface area contributed by atoms with Crippen molar-refractivity contribution in [1.29, 1.82) is 0 Å². The Labute approximate surface area is 197 Å². The number of aromatic nitrogens is 1. The molecule has 2 aromatic rings. The Kier molecular flexibility index (Phi) is 8.66. The van der Waals surface area contributed by atoms with Crippen molar-refractivity contribution in [3.05, 3.63) is 23.0 Å². The Balaban J connectivity index is 1.80. The van der Waals surface area contributed by atoms with Gasteiger partial charge in [-0.15, -0.1) is 0 Å². The lowest BCUT2D eigenvalue weighted by molar-refractivity contribution is -0.130. The third-order valence-electron chi connectivity index (χ3n) is 5.40. The number of likely N-dealkylation sites (tertiary alicyclic amines) is 1. The summed E-state index contributed by atoms with van der Waals surface area (Å²) >= 11 is 1.28. The van der Waals surface area contributed by atoms with Crippen molar-refractivity contribution in [1.82, 2.24) is 9.47 Å². The molecule has 1 aromatic heterocycles. The molecule has 0 radical (unpaired) electrons. The first-order valence-electron chi connectivity index (χ1n) is 11.0. The number of thiazole rings is 1. The monoisotopic (exact) mass is 497 g/mol. The quantitative estimate of drug-likeness (QED) is 0.523. The smallest absolute Gasteiger partial charge is 0.263 e. The molecule has 3 rings (SSSR count). The summed E-state index contributed by atoms with van der Waals surface area (Å²) in [6.45, 7) is 6.44. The van der Waals surface area contributed by atoms with Gasteiger partial charge >= 0.3 is 0 Å². The van der Waals surface area contributed by atoms with E-state index < -0.39 is 33.2 Å². The van der Waals surface area contributed by atoms with E-state index >= 15 is 0 Å². The number of hydrogen-bond donors (Lipinski definition) is 0. The largest absolute Gasteiger partial charge is 0.494 e. The van der Waals surface area contributed by atoms with Crippen molar-refractivity contribution in [3.8, 4) is 5.75 Å². The third-order valence-corrected chi connectivity index (χ3v) is 7.82. The van der Waals surface area contributed by atoms with Crippen molar-refractivity contribution < 1.29 is 27.5 Å². The maximum absolute atomic E-state index is 12.6. The first kappa shape index (κ1) is 25.4. The number of benzene rings is 1. The molecule has 9 nitrogen and oxygen atoms in total. The summed E-state index contributed by atoms with van der Waals surface area (Å²) in [5.74, 6) is -1.66. The van der Waals surface area contributed by atoms with Gasteiger partial charge in [-0.25, -0.2) is 8.42 Å². The van der Waals surface area contributed by atoms with E-state index in [4.69, 9.17) is 9.47 Å². The molecule has 1 atom stereocenters. The van der Waals surface area contributed by atoms with Crippen LogP contribution in [-0.2, 0) is 30.7 Å². The SMILES string of the molecule is CCOc1ccc2c(c1)sc(=NC(=O)CS(=O)(=O)CC(=O)N1CCCC(C)C1)n2CCOC. The summed E-state index contributed by atoms with van der Waals surface area (Å²) in [6.07, 6.45) is 1.89. The Morgan fingerprint density at radius 2 is 2.06 bits per heavy atom. The van der Waals surface area contributed by atoms with Gasteiger partial charge < -0.3 is 18.9 Å². The first-order valence-corrected chi connectivity index (χ1v) is 13.7. The highest BCUT2D eigenvalue weighted by Crippen LogP contribution is 2.23. The second-order valence-electron chi connectivity index (χ2n) is 8.22. The van der Waals surface area contributed by atoms with Gasteiger partial charge in [-0.05, 0) is 43.9 Å². The van der Waals surface area contributed by atoms with Crippen LogP contribution in [-0.4, -0.2) is 74.6 Å². The fourth-order valence-electron chi connectivity index (χ4n) is 3.87. The van der Waals surface area contributed by atoms with Gasteiger partial charge in [0.25, 0.3) is 5.91 Å². The molecule has 1 unspecified atom stereocenters. The number of sulfone groups is 1. The van der Waals surface area contributed by atoms with Crippen LogP contribution in [0.15, 0.2) is 23.2 Å². The summed E-state index contributed by atoms with van der Waals surface area (Å²) in [6, 6.07) is 5.58.